The normalized spacial score (nSPS) is 14.1. The highest BCUT2D eigenvalue weighted by Crippen LogP contribution is 2.18. The van der Waals surface area contributed by atoms with Crippen LogP contribution in [-0.2, 0) is 0 Å². The van der Waals surface area contributed by atoms with Crippen molar-refractivity contribution in [2.75, 3.05) is 20.3 Å². The van der Waals surface area contributed by atoms with Crippen LogP contribution in [0.4, 0.5) is 0 Å². The summed E-state index contributed by atoms with van der Waals surface area (Å²) < 4.78 is 10.7. The molecule has 1 aliphatic rings. The summed E-state index contributed by atoms with van der Waals surface area (Å²) in [7, 11) is 1.61. The molecule has 1 aromatic carbocycles. The summed E-state index contributed by atoms with van der Waals surface area (Å²) in [6, 6.07) is 12.3. The summed E-state index contributed by atoms with van der Waals surface area (Å²) in [5.41, 5.74) is 0.475. The van der Waals surface area contributed by atoms with Gasteiger partial charge in [0.15, 0.2) is 0 Å². The Kier molecular flexibility index (Phi) is 7.44. The molecule has 1 fully saturated rings. The van der Waals surface area contributed by atoms with Gasteiger partial charge in [0.1, 0.15) is 29.5 Å². The van der Waals surface area contributed by atoms with Gasteiger partial charge in [-0.05, 0) is 49.2 Å². The molecule has 1 saturated carbocycles. The fourth-order valence-electron chi connectivity index (χ4n) is 3.29. The summed E-state index contributed by atoms with van der Waals surface area (Å²) in [4.78, 5) is 29.0. The van der Waals surface area contributed by atoms with Gasteiger partial charge < -0.3 is 20.1 Å². The minimum Gasteiger partial charge on any atom is -0.497 e. The second-order valence-corrected chi connectivity index (χ2v) is 7.00. The van der Waals surface area contributed by atoms with E-state index >= 15 is 0 Å². The molecule has 7 nitrogen and oxygen atoms in total. The number of amides is 2. The molecule has 1 aromatic heterocycles. The lowest BCUT2D eigenvalue weighted by Crippen LogP contribution is -2.37. The van der Waals surface area contributed by atoms with E-state index in [1.165, 1.54) is 6.42 Å². The van der Waals surface area contributed by atoms with Crippen LogP contribution in [0.2, 0.25) is 0 Å². The predicted octanol–water partition coefficient (Wildman–Crippen LogP) is 2.96. The van der Waals surface area contributed by atoms with Gasteiger partial charge in [0.05, 0.1) is 13.7 Å². The molecule has 0 unspecified atom stereocenters. The number of hydrogen-bond donors (Lipinski definition) is 2. The Hall–Kier alpha value is -3.09. The minimum absolute atomic E-state index is 0.200. The standard InChI is InChI=1S/C22H27N3O4/c1-28-17-10-12-18(13-11-17)29-15-14-23-21(26)19-8-5-9-20(25-19)22(27)24-16-6-3-2-4-7-16/h5,8-13,16H,2-4,6-7,14-15H2,1H3,(H,23,26)(H,24,27). The molecule has 154 valence electrons. The summed E-state index contributed by atoms with van der Waals surface area (Å²) >= 11 is 0. The van der Waals surface area contributed by atoms with E-state index in [2.05, 4.69) is 15.6 Å². The number of nitrogens with zero attached hydrogens (tertiary/aromatic N) is 1. The lowest BCUT2D eigenvalue weighted by atomic mass is 9.95. The number of ether oxygens (including phenoxy) is 2. The molecule has 0 radical (unpaired) electrons. The molecule has 3 rings (SSSR count). The van der Waals surface area contributed by atoms with Crippen LogP contribution >= 0.6 is 0 Å². The number of benzene rings is 1. The van der Waals surface area contributed by atoms with Crippen LogP contribution in [0, 0.1) is 0 Å². The van der Waals surface area contributed by atoms with E-state index in [1.807, 2.05) is 12.1 Å². The number of aromatic nitrogens is 1. The van der Waals surface area contributed by atoms with Gasteiger partial charge in [-0.1, -0.05) is 25.3 Å². The van der Waals surface area contributed by atoms with Crippen molar-refractivity contribution in [3.8, 4) is 11.5 Å². The summed E-state index contributed by atoms with van der Waals surface area (Å²) in [6.45, 7) is 0.644. The molecule has 0 saturated heterocycles. The monoisotopic (exact) mass is 397 g/mol. The second-order valence-electron chi connectivity index (χ2n) is 7.00. The van der Waals surface area contributed by atoms with Gasteiger partial charge in [-0.15, -0.1) is 0 Å². The Bertz CT molecular complexity index is 817. The molecule has 2 amide bonds. The van der Waals surface area contributed by atoms with Gasteiger partial charge in [-0.25, -0.2) is 4.98 Å². The van der Waals surface area contributed by atoms with Crippen LogP contribution in [0.1, 0.15) is 53.1 Å². The van der Waals surface area contributed by atoms with Crippen LogP contribution in [0.3, 0.4) is 0 Å². The van der Waals surface area contributed by atoms with E-state index in [0.717, 1.165) is 31.4 Å². The van der Waals surface area contributed by atoms with Gasteiger partial charge in [-0.3, -0.25) is 9.59 Å². The molecule has 7 heteroatoms. The summed E-state index contributed by atoms with van der Waals surface area (Å²) in [6.07, 6.45) is 5.50. The van der Waals surface area contributed by atoms with Crippen molar-refractivity contribution in [3.63, 3.8) is 0 Å². The Labute approximate surface area is 170 Å². The van der Waals surface area contributed by atoms with Crippen molar-refractivity contribution in [2.45, 2.75) is 38.1 Å². The zero-order valence-electron chi connectivity index (χ0n) is 16.6. The number of carbonyl (C=O) groups is 2. The number of hydrogen-bond acceptors (Lipinski definition) is 5. The highest BCUT2D eigenvalue weighted by atomic mass is 16.5. The van der Waals surface area contributed by atoms with Crippen LogP contribution < -0.4 is 20.1 Å². The Balaban J connectivity index is 1.46. The first-order chi connectivity index (χ1) is 14.2. The fourth-order valence-corrected chi connectivity index (χ4v) is 3.29. The van der Waals surface area contributed by atoms with E-state index in [9.17, 15) is 9.59 Å². The highest BCUT2D eigenvalue weighted by molar-refractivity contribution is 5.96. The first-order valence-electron chi connectivity index (χ1n) is 9.98. The zero-order chi connectivity index (χ0) is 20.5. The molecular formula is C22H27N3O4. The molecule has 29 heavy (non-hydrogen) atoms. The third-order valence-electron chi connectivity index (χ3n) is 4.87. The maximum absolute atomic E-state index is 12.4. The Morgan fingerprint density at radius 2 is 1.62 bits per heavy atom. The maximum Gasteiger partial charge on any atom is 0.270 e. The number of rotatable bonds is 8. The van der Waals surface area contributed by atoms with E-state index < -0.39 is 0 Å². The van der Waals surface area contributed by atoms with Gasteiger partial charge in [0, 0.05) is 6.04 Å². The van der Waals surface area contributed by atoms with Gasteiger partial charge in [0.2, 0.25) is 0 Å². The Morgan fingerprint density at radius 3 is 2.31 bits per heavy atom. The maximum atomic E-state index is 12.4. The summed E-state index contributed by atoms with van der Waals surface area (Å²) in [5.74, 6) is 0.883. The van der Waals surface area contributed by atoms with Crippen LogP contribution in [0.25, 0.3) is 0 Å². The average molecular weight is 397 g/mol. The SMILES string of the molecule is COc1ccc(OCCNC(=O)c2cccc(C(=O)NC3CCCCC3)n2)cc1. The number of pyridine rings is 1. The van der Waals surface area contributed by atoms with E-state index in [4.69, 9.17) is 9.47 Å². The van der Waals surface area contributed by atoms with Crippen molar-refractivity contribution in [1.29, 1.82) is 0 Å². The minimum atomic E-state index is -0.337. The smallest absolute Gasteiger partial charge is 0.270 e. The number of methoxy groups -OCH3 is 1. The molecule has 2 N–H and O–H groups in total. The molecular weight excluding hydrogens is 370 g/mol. The van der Waals surface area contributed by atoms with Crippen LogP contribution in [-0.4, -0.2) is 43.1 Å². The molecule has 2 aromatic rings. The largest absolute Gasteiger partial charge is 0.497 e. The molecule has 0 bridgehead atoms. The first kappa shape index (κ1) is 20.6. The van der Waals surface area contributed by atoms with Gasteiger partial charge >= 0.3 is 0 Å². The highest BCUT2D eigenvalue weighted by Gasteiger charge is 2.18. The number of nitrogens with one attached hydrogen (secondary N) is 2. The van der Waals surface area contributed by atoms with Crippen molar-refractivity contribution >= 4 is 11.8 Å². The van der Waals surface area contributed by atoms with Crippen LogP contribution in [0.5, 0.6) is 11.5 Å². The molecule has 1 aliphatic carbocycles. The van der Waals surface area contributed by atoms with Crippen molar-refractivity contribution in [3.05, 3.63) is 53.9 Å². The molecule has 0 atom stereocenters. The predicted molar refractivity (Wildman–Crippen MR) is 109 cm³/mol. The first-order valence-corrected chi connectivity index (χ1v) is 9.98. The van der Waals surface area contributed by atoms with Crippen LogP contribution in [0.15, 0.2) is 42.5 Å². The molecule has 1 heterocycles. The summed E-state index contributed by atoms with van der Waals surface area (Å²) in [5, 5.41) is 5.77. The van der Waals surface area contributed by atoms with Crippen molar-refractivity contribution in [1.82, 2.24) is 15.6 Å². The third kappa shape index (κ3) is 6.20. The molecule has 0 aliphatic heterocycles. The Morgan fingerprint density at radius 1 is 0.966 bits per heavy atom. The van der Waals surface area contributed by atoms with E-state index in [1.54, 1.807) is 37.4 Å². The van der Waals surface area contributed by atoms with E-state index in [0.29, 0.717) is 18.9 Å². The zero-order valence-corrected chi connectivity index (χ0v) is 16.6. The second kappa shape index (κ2) is 10.5. The average Bonchev–Trinajstić information content (AvgIpc) is 2.77. The lowest BCUT2D eigenvalue weighted by molar-refractivity contribution is 0.0921. The number of carbonyl (C=O) groups excluding carboxylic acids is 2. The van der Waals surface area contributed by atoms with Gasteiger partial charge in [0.25, 0.3) is 11.8 Å². The van der Waals surface area contributed by atoms with Crippen molar-refractivity contribution in [2.24, 2.45) is 0 Å². The fraction of sp³-hybridized carbons (Fsp3) is 0.409. The topological polar surface area (TPSA) is 89.5 Å². The van der Waals surface area contributed by atoms with Crippen molar-refractivity contribution < 1.29 is 19.1 Å². The molecule has 0 spiro atoms. The quantitative estimate of drug-likeness (QED) is 0.669. The van der Waals surface area contributed by atoms with E-state index in [-0.39, 0.29) is 29.2 Å². The van der Waals surface area contributed by atoms with Gasteiger partial charge in [-0.2, -0.15) is 0 Å². The third-order valence-corrected chi connectivity index (χ3v) is 4.87. The lowest BCUT2D eigenvalue weighted by Gasteiger charge is -2.22.